The van der Waals surface area contributed by atoms with Gasteiger partial charge >= 0.3 is 0 Å². The molecule has 0 saturated carbocycles. The molecule has 0 bridgehead atoms. The molecule has 2 unspecified atom stereocenters. The van der Waals surface area contributed by atoms with Crippen molar-refractivity contribution >= 4 is 17.5 Å². The Kier molecular flexibility index (Phi) is 4.56. The summed E-state index contributed by atoms with van der Waals surface area (Å²) in [4.78, 5) is 23.5. The van der Waals surface area contributed by atoms with Gasteiger partial charge in [-0.15, -0.1) is 0 Å². The molecule has 3 heterocycles. The van der Waals surface area contributed by atoms with Crippen molar-refractivity contribution in [1.29, 1.82) is 0 Å². The molecule has 3 N–H and O–H groups in total. The first-order valence-electron chi connectivity index (χ1n) is 9.45. The first kappa shape index (κ1) is 18.5. The average molecular weight is 386 g/mol. The van der Waals surface area contributed by atoms with Crippen LogP contribution in [0.5, 0.6) is 0 Å². The van der Waals surface area contributed by atoms with Crippen LogP contribution in [-0.4, -0.2) is 40.4 Å². The average Bonchev–Trinajstić information content (AvgIpc) is 3.18. The predicted molar refractivity (Wildman–Crippen MR) is 100 cm³/mol. The number of aromatic nitrogens is 2. The Hall–Kier alpha value is -2.90. The molecule has 3 aliphatic rings. The van der Waals surface area contributed by atoms with Crippen LogP contribution in [0.1, 0.15) is 30.7 Å². The minimum absolute atomic E-state index is 0.0971. The molecular formula is C20H23FN4O3. The number of ether oxygens (including phenoxy) is 1. The number of primary amides is 1. The van der Waals surface area contributed by atoms with E-state index in [9.17, 15) is 14.0 Å². The summed E-state index contributed by atoms with van der Waals surface area (Å²) in [5, 5.41) is 7.08. The Labute approximate surface area is 162 Å². The van der Waals surface area contributed by atoms with Gasteiger partial charge in [-0.2, -0.15) is 5.10 Å². The topological polar surface area (TPSA) is 99.2 Å². The maximum atomic E-state index is 14.0. The molecule has 7 nitrogen and oxygen atoms in total. The van der Waals surface area contributed by atoms with Crippen LogP contribution < -0.4 is 11.1 Å². The summed E-state index contributed by atoms with van der Waals surface area (Å²) in [6.45, 7) is 3.90. The van der Waals surface area contributed by atoms with E-state index in [0.29, 0.717) is 17.9 Å². The SMILES string of the molecule is CC[C@@H]1[C@H](F)C(=O)N[C@@H]1COC1=CC=CC2C=C(C(N)=O)n3nc(C)cc3C12. The number of hydrogen-bond acceptors (Lipinski definition) is 4. The molecule has 0 radical (unpaired) electrons. The number of hydrogen-bond donors (Lipinski definition) is 2. The summed E-state index contributed by atoms with van der Waals surface area (Å²) in [7, 11) is 0. The zero-order valence-electron chi connectivity index (χ0n) is 15.8. The van der Waals surface area contributed by atoms with Crippen LogP contribution in [0.25, 0.3) is 5.70 Å². The van der Waals surface area contributed by atoms with Gasteiger partial charge < -0.3 is 15.8 Å². The van der Waals surface area contributed by atoms with E-state index in [-0.39, 0.29) is 24.5 Å². The van der Waals surface area contributed by atoms with Crippen LogP contribution >= 0.6 is 0 Å². The molecular weight excluding hydrogens is 363 g/mol. The van der Waals surface area contributed by atoms with Crippen molar-refractivity contribution in [3.05, 3.63) is 47.5 Å². The van der Waals surface area contributed by atoms with Gasteiger partial charge in [0.05, 0.1) is 23.3 Å². The smallest absolute Gasteiger partial charge is 0.267 e. The van der Waals surface area contributed by atoms with Crippen LogP contribution in [0.4, 0.5) is 4.39 Å². The molecule has 2 aliphatic heterocycles. The normalized spacial score (nSPS) is 30.8. The van der Waals surface area contributed by atoms with Gasteiger partial charge in [0.25, 0.3) is 11.8 Å². The van der Waals surface area contributed by atoms with Gasteiger partial charge in [-0.05, 0) is 31.6 Å². The summed E-state index contributed by atoms with van der Waals surface area (Å²) in [6.07, 6.45) is 6.56. The third-order valence-electron chi connectivity index (χ3n) is 5.67. The third kappa shape index (κ3) is 2.93. The van der Waals surface area contributed by atoms with E-state index in [1.807, 2.05) is 38.1 Å². The molecule has 28 heavy (non-hydrogen) atoms. The van der Waals surface area contributed by atoms with Crippen LogP contribution in [-0.2, 0) is 14.3 Å². The maximum Gasteiger partial charge on any atom is 0.267 e. The van der Waals surface area contributed by atoms with Crippen LogP contribution in [0.2, 0.25) is 0 Å². The largest absolute Gasteiger partial charge is 0.495 e. The van der Waals surface area contributed by atoms with E-state index in [1.165, 1.54) is 0 Å². The summed E-state index contributed by atoms with van der Waals surface area (Å²) in [5.41, 5.74) is 7.46. The number of nitrogens with two attached hydrogens (primary N) is 1. The Morgan fingerprint density at radius 2 is 2.25 bits per heavy atom. The molecule has 1 saturated heterocycles. The maximum absolute atomic E-state index is 14.0. The van der Waals surface area contributed by atoms with E-state index in [4.69, 9.17) is 10.5 Å². The van der Waals surface area contributed by atoms with Gasteiger partial charge in [-0.25, -0.2) is 9.07 Å². The zero-order valence-corrected chi connectivity index (χ0v) is 15.8. The lowest BCUT2D eigenvalue weighted by Gasteiger charge is -2.32. The van der Waals surface area contributed by atoms with E-state index in [0.717, 1.165) is 11.4 Å². The minimum Gasteiger partial charge on any atom is -0.495 e. The molecule has 1 aliphatic carbocycles. The van der Waals surface area contributed by atoms with E-state index in [2.05, 4.69) is 10.4 Å². The molecule has 1 fully saturated rings. The summed E-state index contributed by atoms with van der Waals surface area (Å²) in [6, 6.07) is 1.54. The van der Waals surface area contributed by atoms with Gasteiger partial charge in [0.1, 0.15) is 18.1 Å². The van der Waals surface area contributed by atoms with Crippen LogP contribution in [0.15, 0.2) is 36.1 Å². The van der Waals surface area contributed by atoms with Crippen molar-refractivity contribution in [1.82, 2.24) is 15.1 Å². The lowest BCUT2D eigenvalue weighted by Crippen LogP contribution is -2.35. The van der Waals surface area contributed by atoms with E-state index < -0.39 is 23.9 Å². The number of carbonyl (C=O) groups is 2. The molecule has 1 aromatic heterocycles. The van der Waals surface area contributed by atoms with Crippen molar-refractivity contribution in [3.8, 4) is 0 Å². The van der Waals surface area contributed by atoms with Crippen molar-refractivity contribution in [3.63, 3.8) is 0 Å². The number of amides is 2. The third-order valence-corrected chi connectivity index (χ3v) is 5.67. The fraction of sp³-hybridized carbons (Fsp3) is 0.450. The number of allylic oxidation sites excluding steroid dienone is 5. The van der Waals surface area contributed by atoms with E-state index >= 15 is 0 Å². The number of rotatable bonds is 5. The van der Waals surface area contributed by atoms with Crippen molar-refractivity contribution in [2.45, 2.75) is 38.4 Å². The highest BCUT2D eigenvalue weighted by Crippen LogP contribution is 2.42. The van der Waals surface area contributed by atoms with Crippen LogP contribution in [0, 0.1) is 18.8 Å². The Morgan fingerprint density at radius 1 is 1.46 bits per heavy atom. The number of fused-ring (bicyclic) bond motifs is 3. The summed E-state index contributed by atoms with van der Waals surface area (Å²) in [5.74, 6) is -1.07. The summed E-state index contributed by atoms with van der Waals surface area (Å²) < 4.78 is 21.7. The fourth-order valence-corrected chi connectivity index (χ4v) is 4.30. The molecule has 1 aromatic rings. The standard InChI is InChI=1S/C20H23FN4O3/c1-3-12-13(23-20(27)18(12)21)9-28-16-6-4-5-11-8-15(19(22)26)25-14(17(11)16)7-10(2)24-25/h4-8,11-13,17-18H,3,9H2,1-2H3,(H2,22,26)(H,23,27)/t11?,12-,13+,17?,18-/m0/s1. The quantitative estimate of drug-likeness (QED) is 0.802. The minimum atomic E-state index is -1.49. The fourth-order valence-electron chi connectivity index (χ4n) is 4.30. The second-order valence-corrected chi connectivity index (χ2v) is 7.45. The molecule has 8 heteroatoms. The number of aryl methyl sites for hydroxylation is 1. The number of alkyl halides is 1. The number of nitrogens with one attached hydrogen (secondary N) is 1. The van der Waals surface area contributed by atoms with Crippen molar-refractivity contribution < 1.29 is 18.7 Å². The highest BCUT2D eigenvalue weighted by molar-refractivity contribution is 6.13. The lowest BCUT2D eigenvalue weighted by atomic mass is 9.81. The highest BCUT2D eigenvalue weighted by Gasteiger charge is 2.42. The Balaban J connectivity index is 1.59. The zero-order chi connectivity index (χ0) is 20.0. The number of nitrogens with zero attached hydrogens (tertiary/aromatic N) is 2. The second-order valence-electron chi connectivity index (χ2n) is 7.45. The first-order chi connectivity index (χ1) is 13.4. The van der Waals surface area contributed by atoms with Gasteiger partial charge in [0, 0.05) is 11.8 Å². The molecule has 0 aromatic carbocycles. The molecule has 148 valence electrons. The van der Waals surface area contributed by atoms with Crippen LogP contribution in [0.3, 0.4) is 0 Å². The first-order valence-corrected chi connectivity index (χ1v) is 9.45. The molecule has 5 atom stereocenters. The molecule has 4 rings (SSSR count). The van der Waals surface area contributed by atoms with Crippen molar-refractivity contribution in [2.24, 2.45) is 17.6 Å². The van der Waals surface area contributed by atoms with Gasteiger partial charge in [0.15, 0.2) is 6.17 Å². The van der Waals surface area contributed by atoms with Gasteiger partial charge in [-0.3, -0.25) is 9.59 Å². The second kappa shape index (κ2) is 6.92. The van der Waals surface area contributed by atoms with Gasteiger partial charge in [0.2, 0.25) is 0 Å². The molecule has 2 amide bonds. The number of carbonyl (C=O) groups excluding carboxylic acids is 2. The van der Waals surface area contributed by atoms with Crippen molar-refractivity contribution in [2.75, 3.05) is 6.61 Å². The predicted octanol–water partition coefficient (Wildman–Crippen LogP) is 1.56. The number of halogens is 1. The Morgan fingerprint density at radius 3 is 2.96 bits per heavy atom. The molecule has 0 spiro atoms. The lowest BCUT2D eigenvalue weighted by molar-refractivity contribution is -0.124. The van der Waals surface area contributed by atoms with Gasteiger partial charge in [-0.1, -0.05) is 19.1 Å². The Bertz CT molecular complexity index is 917. The summed E-state index contributed by atoms with van der Waals surface area (Å²) >= 11 is 0. The highest BCUT2D eigenvalue weighted by atomic mass is 19.1. The van der Waals surface area contributed by atoms with E-state index in [1.54, 1.807) is 10.8 Å². The monoisotopic (exact) mass is 386 g/mol.